The summed E-state index contributed by atoms with van der Waals surface area (Å²) in [5, 5.41) is 0. The van der Waals surface area contributed by atoms with E-state index in [-0.39, 0.29) is 23.5 Å². The summed E-state index contributed by atoms with van der Waals surface area (Å²) < 4.78 is 11.9. The molecule has 2 aliphatic carbocycles. The Morgan fingerprint density at radius 1 is 1.27 bits per heavy atom. The molecule has 1 saturated heterocycles. The van der Waals surface area contributed by atoms with E-state index in [1.165, 1.54) is 0 Å². The van der Waals surface area contributed by atoms with E-state index in [2.05, 4.69) is 0 Å². The lowest BCUT2D eigenvalue weighted by atomic mass is 9.84. The van der Waals surface area contributed by atoms with Gasteiger partial charge in [-0.05, 0) is 44.2 Å². The molecule has 4 atom stereocenters. The zero-order valence-corrected chi connectivity index (χ0v) is 15.2. The molecule has 4 aliphatic rings. The number of Topliss-reactive ketones (excluding diaryl/α,β-unsaturated/α-hetero) is 1. The molecule has 5 heteroatoms. The molecule has 5 nitrogen and oxygen atoms in total. The summed E-state index contributed by atoms with van der Waals surface area (Å²) in [6, 6.07) is 5.83. The summed E-state index contributed by atoms with van der Waals surface area (Å²) in [6.07, 6.45) is 3.19. The van der Waals surface area contributed by atoms with Gasteiger partial charge in [-0.25, -0.2) is 0 Å². The Labute approximate surface area is 153 Å². The van der Waals surface area contributed by atoms with Crippen molar-refractivity contribution in [1.82, 2.24) is 4.90 Å². The van der Waals surface area contributed by atoms with Crippen LogP contribution in [0.1, 0.15) is 41.6 Å². The van der Waals surface area contributed by atoms with E-state index in [0.29, 0.717) is 36.8 Å². The van der Waals surface area contributed by atoms with E-state index in [9.17, 15) is 9.59 Å². The van der Waals surface area contributed by atoms with Crippen molar-refractivity contribution in [2.75, 3.05) is 26.3 Å². The van der Waals surface area contributed by atoms with Gasteiger partial charge in [-0.3, -0.25) is 9.59 Å². The number of benzene rings is 1. The third-order valence-electron chi connectivity index (χ3n) is 6.70. The van der Waals surface area contributed by atoms with Gasteiger partial charge in [-0.15, -0.1) is 0 Å². The third kappa shape index (κ3) is 2.40. The second kappa shape index (κ2) is 5.81. The molecular weight excluding hydrogens is 330 g/mol. The summed E-state index contributed by atoms with van der Waals surface area (Å²) in [5.74, 6) is 1.71. The number of nitrogens with zero attached hydrogens (tertiary/aromatic N) is 1. The zero-order valence-electron chi connectivity index (χ0n) is 15.2. The number of hydrogen-bond donors (Lipinski definition) is 0. The quantitative estimate of drug-likeness (QED) is 0.777. The monoisotopic (exact) mass is 355 g/mol. The van der Waals surface area contributed by atoms with Crippen molar-refractivity contribution in [3.05, 3.63) is 29.3 Å². The van der Waals surface area contributed by atoms with Crippen LogP contribution in [0.2, 0.25) is 0 Å². The van der Waals surface area contributed by atoms with Gasteiger partial charge in [0.1, 0.15) is 11.4 Å². The summed E-state index contributed by atoms with van der Waals surface area (Å²) in [6.45, 7) is 4.82. The molecule has 2 aliphatic heterocycles. The molecule has 2 saturated carbocycles. The van der Waals surface area contributed by atoms with Crippen LogP contribution in [0.5, 0.6) is 5.75 Å². The van der Waals surface area contributed by atoms with E-state index in [1.54, 1.807) is 0 Å². The highest BCUT2D eigenvalue weighted by Crippen LogP contribution is 2.66. The van der Waals surface area contributed by atoms with Crippen LogP contribution in [0.4, 0.5) is 0 Å². The Balaban J connectivity index is 1.38. The van der Waals surface area contributed by atoms with Gasteiger partial charge in [-0.2, -0.15) is 0 Å². The van der Waals surface area contributed by atoms with Crippen molar-refractivity contribution in [1.29, 1.82) is 0 Å². The molecule has 0 N–H and O–H groups in total. The van der Waals surface area contributed by atoms with Crippen molar-refractivity contribution < 1.29 is 19.1 Å². The maximum atomic E-state index is 13.1. The van der Waals surface area contributed by atoms with Gasteiger partial charge in [0.25, 0.3) is 0 Å². The highest BCUT2D eigenvalue weighted by molar-refractivity contribution is 6.01. The van der Waals surface area contributed by atoms with Crippen molar-refractivity contribution in [3.63, 3.8) is 0 Å². The molecule has 1 aromatic rings. The number of ketones is 1. The first kappa shape index (κ1) is 16.3. The minimum absolute atomic E-state index is 0.0293. The Bertz CT molecular complexity index is 767. The fourth-order valence-corrected chi connectivity index (χ4v) is 5.44. The number of fused-ring (bicyclic) bond motifs is 3. The number of ether oxygens (including phenoxy) is 2. The minimum Gasteiger partial charge on any atom is -0.486 e. The Kier molecular flexibility index (Phi) is 3.64. The SMILES string of the molecule is Cc1ccc2c(c1)C(=O)C[C@]1(CC[C@@H]3[C@H](C(=O)N4CCCOCC4)[C@H]31)O2. The van der Waals surface area contributed by atoms with Gasteiger partial charge in [0.15, 0.2) is 5.78 Å². The van der Waals surface area contributed by atoms with Gasteiger partial charge in [0.05, 0.1) is 18.6 Å². The maximum Gasteiger partial charge on any atom is 0.226 e. The fourth-order valence-electron chi connectivity index (χ4n) is 5.44. The molecule has 0 aromatic heterocycles. The van der Waals surface area contributed by atoms with Crippen molar-refractivity contribution in [3.8, 4) is 5.75 Å². The number of amides is 1. The molecule has 2 heterocycles. The number of carbonyl (C=O) groups excluding carboxylic acids is 2. The van der Waals surface area contributed by atoms with E-state index >= 15 is 0 Å². The van der Waals surface area contributed by atoms with Gasteiger partial charge in [-0.1, -0.05) is 11.6 Å². The van der Waals surface area contributed by atoms with Crippen LogP contribution in [0, 0.1) is 24.7 Å². The largest absolute Gasteiger partial charge is 0.486 e. The van der Waals surface area contributed by atoms with Gasteiger partial charge >= 0.3 is 0 Å². The Morgan fingerprint density at radius 2 is 2.15 bits per heavy atom. The number of rotatable bonds is 1. The van der Waals surface area contributed by atoms with E-state index in [0.717, 1.165) is 38.0 Å². The molecule has 1 amide bonds. The number of aryl methyl sites for hydroxylation is 1. The van der Waals surface area contributed by atoms with Crippen LogP contribution in [0.25, 0.3) is 0 Å². The van der Waals surface area contributed by atoms with Gasteiger partial charge in [0, 0.05) is 31.5 Å². The van der Waals surface area contributed by atoms with Crippen LogP contribution in [0.15, 0.2) is 18.2 Å². The average Bonchev–Trinajstić information content (AvgIpc) is 3.34. The molecule has 0 unspecified atom stereocenters. The number of carbonyl (C=O) groups is 2. The lowest BCUT2D eigenvalue weighted by Crippen LogP contribution is -2.45. The Hall–Kier alpha value is -1.88. The molecule has 138 valence electrons. The molecule has 1 aromatic carbocycles. The summed E-state index contributed by atoms with van der Waals surface area (Å²) >= 11 is 0. The van der Waals surface area contributed by atoms with Crippen molar-refractivity contribution in [2.45, 2.75) is 38.2 Å². The van der Waals surface area contributed by atoms with E-state index in [4.69, 9.17) is 9.47 Å². The van der Waals surface area contributed by atoms with Gasteiger partial charge in [0.2, 0.25) is 5.91 Å². The summed E-state index contributed by atoms with van der Waals surface area (Å²) in [7, 11) is 0. The van der Waals surface area contributed by atoms with Crippen LogP contribution < -0.4 is 4.74 Å². The van der Waals surface area contributed by atoms with Gasteiger partial charge < -0.3 is 14.4 Å². The fraction of sp³-hybridized carbons (Fsp3) is 0.619. The molecule has 5 rings (SSSR count). The summed E-state index contributed by atoms with van der Waals surface area (Å²) in [5.41, 5.74) is 1.31. The second-order valence-electron chi connectivity index (χ2n) is 8.31. The first-order valence-corrected chi connectivity index (χ1v) is 9.78. The predicted octanol–water partition coefficient (Wildman–Crippen LogP) is 2.60. The zero-order chi connectivity index (χ0) is 17.9. The lowest BCUT2D eigenvalue weighted by Gasteiger charge is -2.37. The van der Waals surface area contributed by atoms with Crippen LogP contribution in [-0.4, -0.2) is 48.5 Å². The number of hydrogen-bond acceptors (Lipinski definition) is 4. The van der Waals surface area contributed by atoms with Crippen LogP contribution in [0.3, 0.4) is 0 Å². The standard InChI is InChI=1S/C21H25NO4/c1-13-3-4-17-15(11-13)16(23)12-21(26-17)6-5-14-18(19(14)21)20(24)22-7-2-9-25-10-8-22/h3-4,11,14,18-19H,2,5-10,12H2,1H3/t14-,18+,19+,21+/m1/s1. The molecule has 0 bridgehead atoms. The molecule has 26 heavy (non-hydrogen) atoms. The normalized spacial score (nSPS) is 35.5. The van der Waals surface area contributed by atoms with Crippen molar-refractivity contribution in [2.24, 2.45) is 17.8 Å². The second-order valence-corrected chi connectivity index (χ2v) is 8.31. The highest BCUT2D eigenvalue weighted by atomic mass is 16.5. The molecule has 1 spiro atoms. The van der Waals surface area contributed by atoms with Crippen LogP contribution in [-0.2, 0) is 9.53 Å². The molecule has 3 fully saturated rings. The minimum atomic E-state index is -0.466. The lowest BCUT2D eigenvalue weighted by molar-refractivity contribution is -0.134. The van der Waals surface area contributed by atoms with Crippen molar-refractivity contribution >= 4 is 11.7 Å². The molecular formula is C21H25NO4. The van der Waals surface area contributed by atoms with E-state index in [1.807, 2.05) is 30.0 Å². The average molecular weight is 355 g/mol. The predicted molar refractivity (Wildman–Crippen MR) is 95.2 cm³/mol. The first-order chi connectivity index (χ1) is 12.6. The first-order valence-electron chi connectivity index (χ1n) is 9.78. The smallest absolute Gasteiger partial charge is 0.226 e. The maximum absolute atomic E-state index is 13.1. The topological polar surface area (TPSA) is 55.8 Å². The Morgan fingerprint density at radius 3 is 3.04 bits per heavy atom. The highest BCUT2D eigenvalue weighted by Gasteiger charge is 2.71. The van der Waals surface area contributed by atoms with E-state index < -0.39 is 5.60 Å². The summed E-state index contributed by atoms with van der Waals surface area (Å²) in [4.78, 5) is 27.8. The van der Waals surface area contributed by atoms with Crippen LogP contribution >= 0.6 is 0 Å². The molecule has 0 radical (unpaired) electrons. The third-order valence-corrected chi connectivity index (χ3v) is 6.70.